The van der Waals surface area contributed by atoms with Gasteiger partial charge in [0, 0.05) is 23.4 Å². The quantitative estimate of drug-likeness (QED) is 0.681. The Kier molecular flexibility index (Phi) is 7.40. The molecular formula is C23H29NO3S. The molecule has 2 aromatic carbocycles. The predicted octanol–water partition coefficient (Wildman–Crippen LogP) is 4.02. The van der Waals surface area contributed by atoms with Gasteiger partial charge >= 0.3 is 0 Å². The highest BCUT2D eigenvalue weighted by atomic mass is 32.2. The van der Waals surface area contributed by atoms with E-state index in [1.165, 1.54) is 4.90 Å². The first-order valence-corrected chi connectivity index (χ1v) is 11.1. The van der Waals surface area contributed by atoms with Crippen molar-refractivity contribution in [1.82, 2.24) is 4.90 Å². The SMILES string of the molecule is CSc1ccc(CC(=O)N2CCCC(CO)(CCOc3ccccc3)C2)cc1. The summed E-state index contributed by atoms with van der Waals surface area (Å²) in [7, 11) is 0. The van der Waals surface area contributed by atoms with Gasteiger partial charge in [0.2, 0.25) is 5.91 Å². The number of carbonyl (C=O) groups is 1. The van der Waals surface area contributed by atoms with E-state index in [9.17, 15) is 9.90 Å². The third-order valence-corrected chi connectivity index (χ3v) is 6.25. The smallest absolute Gasteiger partial charge is 0.227 e. The Morgan fingerprint density at radius 1 is 1.18 bits per heavy atom. The zero-order valence-electron chi connectivity index (χ0n) is 16.5. The highest BCUT2D eigenvalue weighted by Crippen LogP contribution is 2.33. The van der Waals surface area contributed by atoms with Gasteiger partial charge in [0.05, 0.1) is 19.6 Å². The summed E-state index contributed by atoms with van der Waals surface area (Å²) in [4.78, 5) is 16.0. The van der Waals surface area contributed by atoms with Gasteiger partial charge in [-0.1, -0.05) is 30.3 Å². The molecule has 5 heteroatoms. The first-order chi connectivity index (χ1) is 13.6. The highest BCUT2D eigenvalue weighted by molar-refractivity contribution is 7.98. The topological polar surface area (TPSA) is 49.8 Å². The minimum absolute atomic E-state index is 0.0807. The van der Waals surface area contributed by atoms with E-state index in [0.29, 0.717) is 19.6 Å². The first-order valence-electron chi connectivity index (χ1n) is 9.83. The number of hydrogen-bond acceptors (Lipinski definition) is 4. The van der Waals surface area contributed by atoms with Crippen LogP contribution in [0.25, 0.3) is 0 Å². The Bertz CT molecular complexity index is 750. The summed E-state index contributed by atoms with van der Waals surface area (Å²) in [6, 6.07) is 17.9. The van der Waals surface area contributed by atoms with Gasteiger partial charge in [-0.2, -0.15) is 0 Å². The van der Waals surface area contributed by atoms with Crippen LogP contribution in [0.15, 0.2) is 59.5 Å². The molecule has 1 aliphatic rings. The van der Waals surface area contributed by atoms with Gasteiger partial charge in [0.25, 0.3) is 0 Å². The van der Waals surface area contributed by atoms with E-state index in [4.69, 9.17) is 4.74 Å². The largest absolute Gasteiger partial charge is 0.494 e. The second kappa shape index (κ2) is 9.99. The minimum Gasteiger partial charge on any atom is -0.494 e. The van der Waals surface area contributed by atoms with Crippen LogP contribution in [0.5, 0.6) is 5.75 Å². The van der Waals surface area contributed by atoms with Crippen molar-refractivity contribution >= 4 is 17.7 Å². The Morgan fingerprint density at radius 3 is 2.61 bits per heavy atom. The number of carbonyl (C=O) groups excluding carboxylic acids is 1. The van der Waals surface area contributed by atoms with Crippen LogP contribution in [0.4, 0.5) is 0 Å². The summed E-state index contributed by atoms with van der Waals surface area (Å²) >= 11 is 1.70. The lowest BCUT2D eigenvalue weighted by atomic mass is 9.78. The fourth-order valence-electron chi connectivity index (χ4n) is 3.76. The summed E-state index contributed by atoms with van der Waals surface area (Å²) in [5.41, 5.74) is 0.765. The molecule has 1 aliphatic heterocycles. The van der Waals surface area contributed by atoms with Gasteiger partial charge in [-0.25, -0.2) is 0 Å². The van der Waals surface area contributed by atoms with Crippen molar-refractivity contribution in [2.75, 3.05) is 32.6 Å². The third-order valence-electron chi connectivity index (χ3n) is 5.51. The number of nitrogens with zero attached hydrogens (tertiary/aromatic N) is 1. The summed E-state index contributed by atoms with van der Waals surface area (Å²) in [6.45, 7) is 1.99. The first kappa shape index (κ1) is 20.7. The van der Waals surface area contributed by atoms with E-state index in [2.05, 4.69) is 12.1 Å². The number of ether oxygens (including phenoxy) is 1. The molecule has 1 atom stereocenters. The van der Waals surface area contributed by atoms with Gasteiger partial charge in [-0.15, -0.1) is 11.8 Å². The van der Waals surface area contributed by atoms with Crippen LogP contribution in [0, 0.1) is 5.41 Å². The maximum atomic E-state index is 12.8. The summed E-state index contributed by atoms with van der Waals surface area (Å²) in [5, 5.41) is 10.1. The van der Waals surface area contributed by atoms with E-state index < -0.39 is 0 Å². The van der Waals surface area contributed by atoms with Crippen molar-refractivity contribution in [3.8, 4) is 5.75 Å². The second-order valence-electron chi connectivity index (χ2n) is 7.51. The zero-order chi connectivity index (χ0) is 19.8. The van der Waals surface area contributed by atoms with Gasteiger partial charge < -0.3 is 14.7 Å². The monoisotopic (exact) mass is 399 g/mol. The molecule has 1 fully saturated rings. The van der Waals surface area contributed by atoms with Crippen molar-refractivity contribution in [2.24, 2.45) is 5.41 Å². The summed E-state index contributed by atoms with van der Waals surface area (Å²) in [5.74, 6) is 0.978. The number of para-hydroxylation sites is 1. The molecule has 3 rings (SSSR count). The normalized spacial score (nSPS) is 19.4. The number of benzene rings is 2. The van der Waals surface area contributed by atoms with E-state index in [1.807, 2.05) is 53.6 Å². The number of piperidine rings is 1. The molecule has 1 heterocycles. The number of likely N-dealkylation sites (tertiary alicyclic amines) is 1. The number of aliphatic hydroxyl groups is 1. The molecule has 1 unspecified atom stereocenters. The molecule has 1 amide bonds. The average Bonchev–Trinajstić information content (AvgIpc) is 2.75. The molecule has 1 N–H and O–H groups in total. The molecule has 0 radical (unpaired) electrons. The van der Waals surface area contributed by atoms with Crippen molar-refractivity contribution < 1.29 is 14.6 Å². The number of aliphatic hydroxyl groups excluding tert-OH is 1. The fourth-order valence-corrected chi connectivity index (χ4v) is 4.17. The minimum atomic E-state index is -0.272. The van der Waals surface area contributed by atoms with Crippen LogP contribution in [0.3, 0.4) is 0 Å². The zero-order valence-corrected chi connectivity index (χ0v) is 17.3. The molecule has 0 aliphatic carbocycles. The number of hydrogen-bond donors (Lipinski definition) is 1. The number of amides is 1. The van der Waals surface area contributed by atoms with Crippen LogP contribution < -0.4 is 4.74 Å². The van der Waals surface area contributed by atoms with Gasteiger partial charge in [-0.3, -0.25) is 4.79 Å². The van der Waals surface area contributed by atoms with Gasteiger partial charge in [0.15, 0.2) is 0 Å². The van der Waals surface area contributed by atoms with Crippen molar-refractivity contribution in [2.45, 2.75) is 30.6 Å². The number of rotatable bonds is 8. The van der Waals surface area contributed by atoms with E-state index >= 15 is 0 Å². The van der Waals surface area contributed by atoms with E-state index in [1.54, 1.807) is 11.8 Å². The maximum absolute atomic E-state index is 12.8. The van der Waals surface area contributed by atoms with Crippen LogP contribution in [-0.4, -0.2) is 48.5 Å². The molecule has 28 heavy (non-hydrogen) atoms. The molecular weight excluding hydrogens is 370 g/mol. The van der Waals surface area contributed by atoms with E-state index in [-0.39, 0.29) is 17.9 Å². The third kappa shape index (κ3) is 5.52. The van der Waals surface area contributed by atoms with Crippen LogP contribution in [-0.2, 0) is 11.2 Å². The molecule has 0 saturated carbocycles. The van der Waals surface area contributed by atoms with Gasteiger partial charge in [0.1, 0.15) is 5.75 Å². The van der Waals surface area contributed by atoms with Crippen LogP contribution in [0.1, 0.15) is 24.8 Å². The van der Waals surface area contributed by atoms with E-state index in [0.717, 1.165) is 37.1 Å². The van der Waals surface area contributed by atoms with Crippen molar-refractivity contribution in [3.63, 3.8) is 0 Å². The predicted molar refractivity (Wildman–Crippen MR) is 114 cm³/mol. The Morgan fingerprint density at radius 2 is 1.93 bits per heavy atom. The molecule has 0 aromatic heterocycles. The van der Waals surface area contributed by atoms with Crippen LogP contribution in [0.2, 0.25) is 0 Å². The molecule has 0 bridgehead atoms. The standard InChI is InChI=1S/C23H29NO3S/c1-28-21-10-8-19(9-11-21)16-22(26)24-14-5-12-23(17-24,18-25)13-15-27-20-6-3-2-4-7-20/h2-4,6-11,25H,5,12-18H2,1H3. The molecule has 1 saturated heterocycles. The second-order valence-corrected chi connectivity index (χ2v) is 8.39. The summed E-state index contributed by atoms with van der Waals surface area (Å²) < 4.78 is 5.83. The highest BCUT2D eigenvalue weighted by Gasteiger charge is 2.36. The molecule has 2 aromatic rings. The molecule has 150 valence electrons. The Labute approximate surface area is 171 Å². The lowest BCUT2D eigenvalue weighted by molar-refractivity contribution is -0.135. The maximum Gasteiger partial charge on any atom is 0.227 e. The average molecular weight is 400 g/mol. The van der Waals surface area contributed by atoms with Crippen molar-refractivity contribution in [3.05, 3.63) is 60.2 Å². The van der Waals surface area contributed by atoms with Gasteiger partial charge in [-0.05, 0) is 55.3 Å². The Balaban J connectivity index is 1.56. The van der Waals surface area contributed by atoms with Crippen LogP contribution >= 0.6 is 11.8 Å². The fraction of sp³-hybridized carbons (Fsp3) is 0.435. The lowest BCUT2D eigenvalue weighted by Crippen LogP contribution is -2.49. The van der Waals surface area contributed by atoms with Crippen molar-refractivity contribution in [1.29, 1.82) is 0 Å². The number of thioether (sulfide) groups is 1. The molecule has 4 nitrogen and oxygen atoms in total. The molecule has 0 spiro atoms. The lowest BCUT2D eigenvalue weighted by Gasteiger charge is -2.42. The Hall–Kier alpha value is -1.98. The summed E-state index contributed by atoms with van der Waals surface area (Å²) in [6.07, 6.45) is 5.04.